The van der Waals surface area contributed by atoms with Crippen LogP contribution in [0.3, 0.4) is 0 Å². The van der Waals surface area contributed by atoms with Gasteiger partial charge in [0, 0.05) is 11.6 Å². The summed E-state index contributed by atoms with van der Waals surface area (Å²) in [6.45, 7) is 2.91. The van der Waals surface area contributed by atoms with E-state index in [0.717, 1.165) is 26.5 Å². The Morgan fingerprint density at radius 3 is 2.53 bits per heavy atom. The molecule has 0 aliphatic heterocycles. The van der Waals surface area contributed by atoms with E-state index in [2.05, 4.69) is 14.5 Å². The Morgan fingerprint density at radius 1 is 1.03 bits per heavy atom. The van der Waals surface area contributed by atoms with E-state index in [1.54, 1.807) is 19.1 Å². The molecule has 164 valence electrons. The number of para-hydroxylation sites is 1. The number of nitrogens with zero attached hydrogens (tertiary/aromatic N) is 1. The van der Waals surface area contributed by atoms with Gasteiger partial charge in [-0.25, -0.2) is 9.78 Å². The molecule has 5 nitrogen and oxygen atoms in total. The van der Waals surface area contributed by atoms with Crippen molar-refractivity contribution in [2.45, 2.75) is 20.0 Å². The number of alkyl halides is 2. The van der Waals surface area contributed by atoms with E-state index in [1.807, 2.05) is 48.5 Å². The van der Waals surface area contributed by atoms with Gasteiger partial charge in [0.05, 0.1) is 16.8 Å². The Labute approximate surface area is 187 Å². The molecule has 0 bridgehead atoms. The number of carbonyl (C=O) groups is 1. The molecule has 8 heteroatoms. The average molecular weight is 455 g/mol. The standard InChI is InChI=1S/C24H19F2NO4S/c1-3-29-23(28)24(25,26)31-20-12-9-16(13-15(20)2)22-27-19-11-10-18(14-21(19)32-22)30-17-7-5-4-6-8-17/h4-14H,3H2,1-2H3. The predicted molar refractivity (Wildman–Crippen MR) is 119 cm³/mol. The lowest BCUT2D eigenvalue weighted by Crippen LogP contribution is -2.37. The maximum Gasteiger partial charge on any atom is 0.502 e. The molecular weight excluding hydrogens is 436 g/mol. The van der Waals surface area contributed by atoms with Gasteiger partial charge >= 0.3 is 12.1 Å². The Bertz CT molecular complexity index is 1260. The molecule has 0 fully saturated rings. The van der Waals surface area contributed by atoms with Gasteiger partial charge < -0.3 is 14.2 Å². The zero-order valence-corrected chi connectivity index (χ0v) is 18.1. The van der Waals surface area contributed by atoms with Gasteiger partial charge in [0.2, 0.25) is 0 Å². The summed E-state index contributed by atoms with van der Waals surface area (Å²) in [5.74, 6) is -0.392. The fraction of sp³-hybridized carbons (Fsp3) is 0.167. The lowest BCUT2D eigenvalue weighted by molar-refractivity contribution is -0.216. The van der Waals surface area contributed by atoms with Crippen LogP contribution in [0.2, 0.25) is 0 Å². The third kappa shape index (κ3) is 4.70. The van der Waals surface area contributed by atoms with Gasteiger partial charge in [-0.1, -0.05) is 18.2 Å². The largest absolute Gasteiger partial charge is 0.502 e. The molecule has 1 heterocycles. The van der Waals surface area contributed by atoms with Crippen LogP contribution in [0.15, 0.2) is 66.7 Å². The highest BCUT2D eigenvalue weighted by molar-refractivity contribution is 7.21. The highest BCUT2D eigenvalue weighted by Crippen LogP contribution is 2.36. The fourth-order valence-electron chi connectivity index (χ4n) is 3.01. The zero-order chi connectivity index (χ0) is 22.7. The van der Waals surface area contributed by atoms with Crippen molar-refractivity contribution in [2.24, 2.45) is 0 Å². The molecule has 1 aromatic heterocycles. The first-order chi connectivity index (χ1) is 15.4. The lowest BCUT2D eigenvalue weighted by atomic mass is 10.1. The summed E-state index contributed by atoms with van der Waals surface area (Å²) in [7, 11) is 0. The van der Waals surface area contributed by atoms with Crippen molar-refractivity contribution in [1.82, 2.24) is 4.98 Å². The maximum absolute atomic E-state index is 13.9. The van der Waals surface area contributed by atoms with Crippen LogP contribution >= 0.6 is 11.3 Å². The minimum absolute atomic E-state index is 0.105. The molecule has 0 aliphatic carbocycles. The number of esters is 1. The Kier molecular flexibility index (Phi) is 6.05. The first-order valence-electron chi connectivity index (χ1n) is 9.84. The number of aryl methyl sites for hydroxylation is 1. The molecule has 0 saturated heterocycles. The second-order valence-electron chi connectivity index (χ2n) is 6.88. The van der Waals surface area contributed by atoms with E-state index in [4.69, 9.17) is 4.74 Å². The monoisotopic (exact) mass is 455 g/mol. The van der Waals surface area contributed by atoms with Crippen molar-refractivity contribution in [3.63, 3.8) is 0 Å². The molecule has 0 N–H and O–H groups in total. The van der Waals surface area contributed by atoms with Crippen LogP contribution in [0.25, 0.3) is 20.8 Å². The van der Waals surface area contributed by atoms with Crippen LogP contribution < -0.4 is 9.47 Å². The van der Waals surface area contributed by atoms with Gasteiger partial charge in [0.25, 0.3) is 0 Å². The SMILES string of the molecule is CCOC(=O)C(F)(F)Oc1ccc(-c2nc3ccc(Oc4ccccc4)cc3s2)cc1C. The van der Waals surface area contributed by atoms with Crippen molar-refractivity contribution in [3.8, 4) is 27.8 Å². The molecule has 0 amide bonds. The summed E-state index contributed by atoms with van der Waals surface area (Å²) in [4.78, 5) is 16.0. The van der Waals surface area contributed by atoms with E-state index in [9.17, 15) is 13.6 Å². The van der Waals surface area contributed by atoms with E-state index in [-0.39, 0.29) is 12.4 Å². The van der Waals surface area contributed by atoms with Gasteiger partial charge in [0.15, 0.2) is 0 Å². The summed E-state index contributed by atoms with van der Waals surface area (Å²) in [5, 5.41) is 0.726. The van der Waals surface area contributed by atoms with Crippen molar-refractivity contribution < 1.29 is 27.8 Å². The number of ether oxygens (including phenoxy) is 3. The first-order valence-corrected chi connectivity index (χ1v) is 10.7. The van der Waals surface area contributed by atoms with Crippen molar-refractivity contribution in [2.75, 3.05) is 6.61 Å². The summed E-state index contributed by atoms with van der Waals surface area (Å²) in [5.41, 5.74) is 2.00. The number of thiazole rings is 1. The number of halogens is 2. The smallest absolute Gasteiger partial charge is 0.459 e. The topological polar surface area (TPSA) is 57.7 Å². The van der Waals surface area contributed by atoms with Crippen LogP contribution in [-0.4, -0.2) is 23.7 Å². The van der Waals surface area contributed by atoms with Crippen LogP contribution in [0.4, 0.5) is 8.78 Å². The maximum atomic E-state index is 13.9. The minimum Gasteiger partial charge on any atom is -0.459 e. The Morgan fingerprint density at radius 2 is 1.81 bits per heavy atom. The zero-order valence-electron chi connectivity index (χ0n) is 17.3. The molecule has 0 saturated carbocycles. The predicted octanol–water partition coefficient (Wildman–Crippen LogP) is 6.60. The quantitative estimate of drug-likeness (QED) is 0.294. The molecular formula is C24H19F2NO4S. The van der Waals surface area contributed by atoms with E-state index >= 15 is 0 Å². The first kappa shape index (κ1) is 21.7. The number of carbonyl (C=O) groups excluding carboxylic acids is 1. The third-order valence-corrected chi connectivity index (χ3v) is 5.58. The molecule has 32 heavy (non-hydrogen) atoms. The number of rotatable bonds is 7. The highest BCUT2D eigenvalue weighted by Gasteiger charge is 2.44. The lowest BCUT2D eigenvalue weighted by Gasteiger charge is -2.17. The van der Waals surface area contributed by atoms with Crippen molar-refractivity contribution in [1.29, 1.82) is 0 Å². The minimum atomic E-state index is -4.06. The Balaban J connectivity index is 1.56. The third-order valence-electron chi connectivity index (χ3n) is 4.51. The summed E-state index contributed by atoms with van der Waals surface area (Å²) in [6.07, 6.45) is -4.06. The number of benzene rings is 3. The second kappa shape index (κ2) is 8.92. The normalized spacial score (nSPS) is 11.4. The van der Waals surface area contributed by atoms with Gasteiger partial charge in [-0.3, -0.25) is 0 Å². The summed E-state index contributed by atoms with van der Waals surface area (Å²) >= 11 is 1.46. The van der Waals surface area contributed by atoms with Crippen molar-refractivity contribution in [3.05, 3.63) is 72.3 Å². The summed E-state index contributed by atoms with van der Waals surface area (Å²) < 4.78 is 43.6. The average Bonchev–Trinajstić information content (AvgIpc) is 3.19. The second-order valence-corrected chi connectivity index (χ2v) is 7.91. The molecule has 0 atom stereocenters. The molecule has 3 aromatic carbocycles. The van der Waals surface area contributed by atoms with Crippen LogP contribution in [0, 0.1) is 6.92 Å². The van der Waals surface area contributed by atoms with Crippen LogP contribution in [-0.2, 0) is 9.53 Å². The van der Waals surface area contributed by atoms with Crippen LogP contribution in [0.5, 0.6) is 17.2 Å². The Hall–Kier alpha value is -3.52. The van der Waals surface area contributed by atoms with Gasteiger partial charge in [-0.05, 0) is 61.9 Å². The molecule has 4 rings (SSSR count). The van der Waals surface area contributed by atoms with Gasteiger partial charge in [0.1, 0.15) is 22.3 Å². The van der Waals surface area contributed by atoms with Crippen molar-refractivity contribution >= 4 is 27.5 Å². The molecule has 0 spiro atoms. The molecule has 4 aromatic rings. The van der Waals surface area contributed by atoms with E-state index in [1.165, 1.54) is 24.3 Å². The number of fused-ring (bicyclic) bond motifs is 1. The van der Waals surface area contributed by atoms with Gasteiger partial charge in [-0.2, -0.15) is 8.78 Å². The fourth-order valence-corrected chi connectivity index (χ4v) is 4.00. The number of aromatic nitrogens is 1. The van der Waals surface area contributed by atoms with Gasteiger partial charge in [-0.15, -0.1) is 11.3 Å². The van der Waals surface area contributed by atoms with E-state index in [0.29, 0.717) is 11.3 Å². The van der Waals surface area contributed by atoms with E-state index < -0.39 is 12.1 Å². The number of hydrogen-bond donors (Lipinski definition) is 0. The molecule has 0 unspecified atom stereocenters. The molecule has 0 aliphatic rings. The van der Waals surface area contributed by atoms with Crippen LogP contribution in [0.1, 0.15) is 12.5 Å². The molecule has 0 radical (unpaired) electrons. The highest BCUT2D eigenvalue weighted by atomic mass is 32.1. The summed E-state index contributed by atoms with van der Waals surface area (Å²) in [6, 6.07) is 19.8. The number of hydrogen-bond acceptors (Lipinski definition) is 6.